The lowest BCUT2D eigenvalue weighted by Gasteiger charge is -2.10. The number of carbonyl (C=O) groups excluding carboxylic acids is 1. The van der Waals surface area contributed by atoms with Crippen LogP contribution in [0.5, 0.6) is 11.5 Å². The number of phenols is 1. The maximum atomic E-state index is 12.4. The molecule has 0 spiro atoms. The molecule has 9 heteroatoms. The Labute approximate surface area is 176 Å². The molecular weight excluding hydrogens is 406 g/mol. The van der Waals surface area contributed by atoms with E-state index in [9.17, 15) is 20.0 Å². The Morgan fingerprint density at radius 2 is 2.17 bits per heavy atom. The fourth-order valence-corrected chi connectivity index (χ4v) is 3.75. The first-order chi connectivity index (χ1) is 14.4. The van der Waals surface area contributed by atoms with Crippen molar-refractivity contribution in [1.82, 2.24) is 5.43 Å². The lowest BCUT2D eigenvalue weighted by molar-refractivity contribution is -0.384. The maximum Gasteiger partial charge on any atom is 0.281 e. The molecule has 0 atom stereocenters. The number of hydrazone groups is 1. The second-order valence-corrected chi connectivity index (χ2v) is 7.33. The van der Waals surface area contributed by atoms with Crippen molar-refractivity contribution in [3.8, 4) is 11.5 Å². The number of nitrogens with zero attached hydrogens (tertiary/aromatic N) is 2. The lowest BCUT2D eigenvalue weighted by Crippen LogP contribution is -2.16. The van der Waals surface area contributed by atoms with Gasteiger partial charge in [-0.1, -0.05) is 6.08 Å². The average molecular weight is 425 g/mol. The average Bonchev–Trinajstić information content (AvgIpc) is 3.15. The van der Waals surface area contributed by atoms with Gasteiger partial charge in [0.25, 0.3) is 11.6 Å². The topological polar surface area (TPSA) is 114 Å². The van der Waals surface area contributed by atoms with Gasteiger partial charge in [-0.3, -0.25) is 14.9 Å². The standard InChI is InChI=1S/C21H19N3O5S/c1-3-5-14-8-13(9-17(20(14)25)29-4-2)12-22-23-21(26)19-11-15-10-16(24(27)28)6-7-18(15)30-19/h3,6-12,25H,1,4-5H2,2H3,(H,23,26)/b22-12-. The normalized spacial score (nSPS) is 11.0. The summed E-state index contributed by atoms with van der Waals surface area (Å²) in [5, 5.41) is 25.7. The molecule has 1 amide bonds. The number of nitro groups is 1. The molecule has 2 N–H and O–H groups in total. The van der Waals surface area contributed by atoms with Gasteiger partial charge in [-0.15, -0.1) is 17.9 Å². The molecule has 0 saturated heterocycles. The summed E-state index contributed by atoms with van der Waals surface area (Å²) in [7, 11) is 0. The quantitative estimate of drug-likeness (QED) is 0.240. The van der Waals surface area contributed by atoms with Crippen molar-refractivity contribution < 1.29 is 19.6 Å². The number of aromatic hydroxyl groups is 1. The Kier molecular flexibility index (Phi) is 6.43. The number of hydrogen-bond acceptors (Lipinski definition) is 7. The monoisotopic (exact) mass is 425 g/mol. The predicted octanol–water partition coefficient (Wildman–Crippen LogP) is 4.41. The summed E-state index contributed by atoms with van der Waals surface area (Å²) in [6.07, 6.45) is 3.57. The number of hydrogen-bond donors (Lipinski definition) is 2. The minimum atomic E-state index is -0.476. The van der Waals surface area contributed by atoms with Crippen LogP contribution in [-0.4, -0.2) is 28.8 Å². The van der Waals surface area contributed by atoms with Crippen LogP contribution in [-0.2, 0) is 6.42 Å². The van der Waals surface area contributed by atoms with E-state index in [1.54, 1.807) is 30.3 Å². The second-order valence-electron chi connectivity index (χ2n) is 6.24. The van der Waals surface area contributed by atoms with Gasteiger partial charge in [-0.2, -0.15) is 5.10 Å². The number of thiophene rings is 1. The van der Waals surface area contributed by atoms with E-state index in [0.717, 1.165) is 4.70 Å². The number of rotatable bonds is 8. The number of phenolic OH excluding ortho intramolecular Hbond substituents is 1. The number of nitrogens with one attached hydrogen (secondary N) is 1. The molecular formula is C21H19N3O5S. The van der Waals surface area contributed by atoms with E-state index in [0.29, 0.717) is 40.2 Å². The van der Waals surface area contributed by atoms with E-state index in [1.807, 2.05) is 6.92 Å². The molecule has 30 heavy (non-hydrogen) atoms. The smallest absolute Gasteiger partial charge is 0.281 e. The molecule has 2 aromatic carbocycles. The number of benzene rings is 2. The van der Waals surface area contributed by atoms with Gasteiger partial charge in [0.2, 0.25) is 0 Å². The molecule has 154 valence electrons. The van der Waals surface area contributed by atoms with Crippen molar-refractivity contribution in [1.29, 1.82) is 0 Å². The first-order valence-electron chi connectivity index (χ1n) is 9.04. The number of ether oxygens (including phenoxy) is 1. The summed E-state index contributed by atoms with van der Waals surface area (Å²) in [6.45, 7) is 5.88. The van der Waals surface area contributed by atoms with E-state index in [-0.39, 0.29) is 11.4 Å². The van der Waals surface area contributed by atoms with Crippen LogP contribution in [0.4, 0.5) is 5.69 Å². The van der Waals surface area contributed by atoms with E-state index in [4.69, 9.17) is 4.74 Å². The van der Waals surface area contributed by atoms with Crippen LogP contribution in [0.25, 0.3) is 10.1 Å². The zero-order chi connectivity index (χ0) is 21.7. The van der Waals surface area contributed by atoms with Crippen molar-refractivity contribution in [3.63, 3.8) is 0 Å². The van der Waals surface area contributed by atoms with Gasteiger partial charge >= 0.3 is 0 Å². The minimum Gasteiger partial charge on any atom is -0.504 e. The molecule has 1 heterocycles. The zero-order valence-electron chi connectivity index (χ0n) is 16.1. The number of allylic oxidation sites excluding steroid dienone is 1. The summed E-state index contributed by atoms with van der Waals surface area (Å²) < 4.78 is 6.21. The van der Waals surface area contributed by atoms with Crippen molar-refractivity contribution in [3.05, 3.63) is 75.2 Å². The van der Waals surface area contributed by atoms with Crippen LogP contribution in [0.1, 0.15) is 27.7 Å². The van der Waals surface area contributed by atoms with E-state index < -0.39 is 10.8 Å². The van der Waals surface area contributed by atoms with Gasteiger partial charge in [0.15, 0.2) is 11.5 Å². The number of amides is 1. The molecule has 0 aliphatic heterocycles. The van der Waals surface area contributed by atoms with E-state index in [1.165, 1.54) is 29.7 Å². The second kappa shape index (κ2) is 9.19. The molecule has 0 saturated carbocycles. The minimum absolute atomic E-state index is 0.0296. The fourth-order valence-electron chi connectivity index (χ4n) is 2.82. The Morgan fingerprint density at radius 3 is 2.87 bits per heavy atom. The third kappa shape index (κ3) is 4.64. The Morgan fingerprint density at radius 1 is 1.37 bits per heavy atom. The fraction of sp³-hybridized carbons (Fsp3) is 0.143. The van der Waals surface area contributed by atoms with Gasteiger partial charge < -0.3 is 9.84 Å². The Bertz CT molecular complexity index is 1150. The Balaban J connectivity index is 1.77. The summed E-state index contributed by atoms with van der Waals surface area (Å²) >= 11 is 1.22. The van der Waals surface area contributed by atoms with Gasteiger partial charge in [0.05, 0.1) is 22.6 Å². The summed E-state index contributed by atoms with van der Waals surface area (Å²) in [5.41, 5.74) is 3.69. The largest absolute Gasteiger partial charge is 0.504 e. The van der Waals surface area contributed by atoms with Crippen LogP contribution < -0.4 is 10.2 Å². The van der Waals surface area contributed by atoms with Crippen molar-refractivity contribution in [2.75, 3.05) is 6.61 Å². The highest BCUT2D eigenvalue weighted by Gasteiger charge is 2.13. The van der Waals surface area contributed by atoms with Gasteiger partial charge in [-0.05, 0) is 43.2 Å². The van der Waals surface area contributed by atoms with Crippen molar-refractivity contribution >= 4 is 39.2 Å². The summed E-state index contributed by atoms with van der Waals surface area (Å²) in [4.78, 5) is 23.2. The molecule has 1 aromatic heterocycles. The number of fused-ring (bicyclic) bond motifs is 1. The number of carbonyl (C=O) groups is 1. The third-order valence-electron chi connectivity index (χ3n) is 4.15. The maximum absolute atomic E-state index is 12.4. The highest BCUT2D eigenvalue weighted by atomic mass is 32.1. The van der Waals surface area contributed by atoms with Gasteiger partial charge in [0, 0.05) is 27.8 Å². The van der Waals surface area contributed by atoms with Gasteiger partial charge in [0.1, 0.15) is 0 Å². The molecule has 0 fully saturated rings. The molecule has 0 aliphatic carbocycles. The Hall–Kier alpha value is -3.72. The molecule has 8 nitrogen and oxygen atoms in total. The molecule has 3 aromatic rings. The molecule has 0 bridgehead atoms. The van der Waals surface area contributed by atoms with Crippen LogP contribution in [0.2, 0.25) is 0 Å². The summed E-state index contributed by atoms with van der Waals surface area (Å²) in [6, 6.07) is 9.39. The van der Waals surface area contributed by atoms with E-state index in [2.05, 4.69) is 17.1 Å². The third-order valence-corrected chi connectivity index (χ3v) is 5.27. The first kappa shape index (κ1) is 21.0. The van der Waals surface area contributed by atoms with Crippen LogP contribution in [0, 0.1) is 10.1 Å². The first-order valence-corrected chi connectivity index (χ1v) is 9.85. The highest BCUT2D eigenvalue weighted by molar-refractivity contribution is 7.20. The molecule has 0 unspecified atom stereocenters. The SMILES string of the molecule is C=CCc1cc(/C=N\NC(=O)c2cc3cc([N+](=O)[O-])ccc3s2)cc(OCC)c1O. The zero-order valence-corrected chi connectivity index (χ0v) is 16.9. The lowest BCUT2D eigenvalue weighted by atomic mass is 10.1. The van der Waals surface area contributed by atoms with Crippen molar-refractivity contribution in [2.24, 2.45) is 5.10 Å². The molecule has 3 rings (SSSR count). The van der Waals surface area contributed by atoms with Crippen molar-refractivity contribution in [2.45, 2.75) is 13.3 Å². The summed E-state index contributed by atoms with van der Waals surface area (Å²) in [5.74, 6) is -0.0433. The molecule has 0 aliphatic rings. The molecule has 0 radical (unpaired) electrons. The van der Waals surface area contributed by atoms with Gasteiger partial charge in [-0.25, -0.2) is 5.43 Å². The van der Waals surface area contributed by atoms with Crippen LogP contribution >= 0.6 is 11.3 Å². The number of nitro benzene ring substituents is 1. The highest BCUT2D eigenvalue weighted by Crippen LogP contribution is 2.32. The predicted molar refractivity (Wildman–Crippen MR) is 117 cm³/mol. The van der Waals surface area contributed by atoms with Crippen LogP contribution in [0.3, 0.4) is 0 Å². The number of non-ortho nitro benzene ring substituents is 1. The van der Waals surface area contributed by atoms with Crippen LogP contribution in [0.15, 0.2) is 54.2 Å². The van der Waals surface area contributed by atoms with E-state index >= 15 is 0 Å².